The zero-order chi connectivity index (χ0) is 12.8. The Bertz CT molecular complexity index is 418. The van der Waals surface area contributed by atoms with Gasteiger partial charge in [0, 0.05) is 11.7 Å². The smallest absolute Gasteiger partial charge is 0.307 e. The predicted octanol–water partition coefficient (Wildman–Crippen LogP) is 0.950. The predicted molar refractivity (Wildman–Crippen MR) is 64.4 cm³/mol. The number of methoxy groups -OCH3 is 1. The van der Waals surface area contributed by atoms with Crippen LogP contribution in [0.5, 0.6) is 0 Å². The molecular weight excluding hydrogens is 220 g/mol. The fourth-order valence-corrected chi connectivity index (χ4v) is 1.39. The van der Waals surface area contributed by atoms with Crippen LogP contribution in [0.25, 0.3) is 0 Å². The molecule has 0 aromatic heterocycles. The third kappa shape index (κ3) is 3.79. The molecule has 0 radical (unpaired) electrons. The number of rotatable bonds is 4. The summed E-state index contributed by atoms with van der Waals surface area (Å²) in [6.07, 6.45) is 0.134. The van der Waals surface area contributed by atoms with E-state index in [0.717, 1.165) is 0 Å². The molecule has 5 nitrogen and oxygen atoms in total. The summed E-state index contributed by atoms with van der Waals surface area (Å²) in [5.74, 6) is -0.654. The number of hydrogen-bond acceptors (Lipinski definition) is 4. The molecule has 0 spiro atoms. The molecular formula is C12H16N2O3. The summed E-state index contributed by atoms with van der Waals surface area (Å²) in [5, 5.41) is 2.68. The highest BCUT2D eigenvalue weighted by Crippen LogP contribution is 2.10. The fourth-order valence-electron chi connectivity index (χ4n) is 1.39. The second-order valence-electron chi connectivity index (χ2n) is 3.74. The molecule has 1 aromatic rings. The van der Waals surface area contributed by atoms with E-state index in [1.54, 1.807) is 31.2 Å². The molecule has 0 fully saturated rings. The zero-order valence-corrected chi connectivity index (χ0v) is 9.90. The molecule has 0 bridgehead atoms. The lowest BCUT2D eigenvalue weighted by Gasteiger charge is -2.13. The summed E-state index contributed by atoms with van der Waals surface area (Å²) in [7, 11) is 1.31. The first-order valence-electron chi connectivity index (χ1n) is 5.26. The van der Waals surface area contributed by atoms with E-state index in [1.165, 1.54) is 7.11 Å². The molecule has 0 saturated heterocycles. The van der Waals surface area contributed by atoms with Crippen LogP contribution < -0.4 is 11.1 Å². The maximum Gasteiger partial charge on any atom is 0.307 e. The van der Waals surface area contributed by atoms with Gasteiger partial charge in [-0.25, -0.2) is 0 Å². The van der Waals surface area contributed by atoms with Crippen molar-refractivity contribution in [2.45, 2.75) is 19.4 Å². The normalized spacial score (nSPS) is 11.6. The molecule has 5 heteroatoms. The van der Waals surface area contributed by atoms with E-state index in [9.17, 15) is 9.59 Å². The number of benzene rings is 1. The minimum atomic E-state index is -0.362. The highest BCUT2D eigenvalue weighted by atomic mass is 16.5. The van der Waals surface area contributed by atoms with Crippen LogP contribution in [-0.2, 0) is 9.53 Å². The average Bonchev–Trinajstić information content (AvgIpc) is 2.29. The average molecular weight is 236 g/mol. The number of nitrogen functional groups attached to an aromatic ring is 1. The summed E-state index contributed by atoms with van der Waals surface area (Å²) in [4.78, 5) is 22.8. The van der Waals surface area contributed by atoms with E-state index in [0.29, 0.717) is 11.3 Å². The molecule has 1 atom stereocenters. The van der Waals surface area contributed by atoms with Gasteiger partial charge < -0.3 is 15.8 Å². The van der Waals surface area contributed by atoms with E-state index in [4.69, 9.17) is 5.73 Å². The Hall–Kier alpha value is -2.04. The largest absolute Gasteiger partial charge is 0.469 e. The third-order valence-electron chi connectivity index (χ3n) is 2.28. The van der Waals surface area contributed by atoms with Crippen molar-refractivity contribution in [2.75, 3.05) is 12.8 Å². The first-order chi connectivity index (χ1) is 8.04. The number of ether oxygens (including phenoxy) is 1. The lowest BCUT2D eigenvalue weighted by atomic mass is 10.1. The van der Waals surface area contributed by atoms with Gasteiger partial charge in [-0.05, 0) is 19.1 Å². The van der Waals surface area contributed by atoms with E-state index in [-0.39, 0.29) is 24.3 Å². The van der Waals surface area contributed by atoms with Crippen molar-refractivity contribution in [3.05, 3.63) is 29.8 Å². The van der Waals surface area contributed by atoms with E-state index in [1.807, 2.05) is 0 Å². The zero-order valence-electron chi connectivity index (χ0n) is 9.90. The molecule has 0 aliphatic heterocycles. The maximum absolute atomic E-state index is 11.8. The van der Waals surface area contributed by atoms with Crippen LogP contribution in [0.3, 0.4) is 0 Å². The Balaban J connectivity index is 2.61. The lowest BCUT2D eigenvalue weighted by Crippen LogP contribution is -2.34. The number of amides is 1. The van der Waals surface area contributed by atoms with Crippen molar-refractivity contribution in [3.8, 4) is 0 Å². The lowest BCUT2D eigenvalue weighted by molar-refractivity contribution is -0.141. The first-order valence-corrected chi connectivity index (χ1v) is 5.26. The summed E-state index contributed by atoms with van der Waals surface area (Å²) in [6.45, 7) is 1.73. The molecule has 0 aliphatic carbocycles. The van der Waals surface area contributed by atoms with Gasteiger partial charge in [0.1, 0.15) is 0 Å². The minimum absolute atomic E-state index is 0.134. The van der Waals surface area contributed by atoms with Crippen LogP contribution in [-0.4, -0.2) is 25.0 Å². The Morgan fingerprint density at radius 1 is 1.41 bits per heavy atom. The molecule has 0 aliphatic rings. The Kier molecular flexibility index (Phi) is 4.51. The standard InChI is InChI=1S/C12H16N2O3/c1-8(7-11(15)17-2)14-12(16)9-5-3-4-6-10(9)13/h3-6,8H,7,13H2,1-2H3,(H,14,16)/t8-/m0/s1. The number of esters is 1. The topological polar surface area (TPSA) is 81.4 Å². The van der Waals surface area contributed by atoms with Gasteiger partial charge in [-0.3, -0.25) is 9.59 Å². The quantitative estimate of drug-likeness (QED) is 0.602. The highest BCUT2D eigenvalue weighted by Gasteiger charge is 2.14. The van der Waals surface area contributed by atoms with Crippen molar-refractivity contribution in [2.24, 2.45) is 0 Å². The van der Waals surface area contributed by atoms with Gasteiger partial charge in [-0.1, -0.05) is 12.1 Å². The molecule has 0 unspecified atom stereocenters. The number of nitrogens with one attached hydrogen (secondary N) is 1. The molecule has 17 heavy (non-hydrogen) atoms. The summed E-state index contributed by atoms with van der Waals surface area (Å²) in [6, 6.07) is 6.48. The Morgan fingerprint density at radius 2 is 2.06 bits per heavy atom. The van der Waals surface area contributed by atoms with Crippen molar-refractivity contribution >= 4 is 17.6 Å². The van der Waals surface area contributed by atoms with Gasteiger partial charge in [0.05, 0.1) is 19.1 Å². The number of anilines is 1. The Morgan fingerprint density at radius 3 is 2.65 bits per heavy atom. The second-order valence-corrected chi connectivity index (χ2v) is 3.74. The van der Waals surface area contributed by atoms with Crippen LogP contribution in [0.15, 0.2) is 24.3 Å². The van der Waals surface area contributed by atoms with E-state index >= 15 is 0 Å². The van der Waals surface area contributed by atoms with Crippen molar-refractivity contribution < 1.29 is 14.3 Å². The molecule has 1 amide bonds. The van der Waals surface area contributed by atoms with E-state index in [2.05, 4.69) is 10.1 Å². The number of nitrogens with two attached hydrogens (primary N) is 1. The number of para-hydroxylation sites is 1. The first kappa shape index (κ1) is 13.0. The molecule has 3 N–H and O–H groups in total. The summed E-state index contributed by atoms with van der Waals surface area (Å²) in [5.41, 5.74) is 6.49. The molecule has 92 valence electrons. The fraction of sp³-hybridized carbons (Fsp3) is 0.333. The molecule has 0 heterocycles. The second kappa shape index (κ2) is 5.89. The van der Waals surface area contributed by atoms with Crippen LogP contribution in [0, 0.1) is 0 Å². The minimum Gasteiger partial charge on any atom is -0.469 e. The van der Waals surface area contributed by atoms with E-state index < -0.39 is 0 Å². The van der Waals surface area contributed by atoms with Crippen LogP contribution in [0.1, 0.15) is 23.7 Å². The monoisotopic (exact) mass is 236 g/mol. The van der Waals surface area contributed by atoms with Gasteiger partial charge in [-0.2, -0.15) is 0 Å². The molecule has 1 aromatic carbocycles. The Labute approximate surface area is 99.9 Å². The highest BCUT2D eigenvalue weighted by molar-refractivity contribution is 5.99. The summed E-state index contributed by atoms with van der Waals surface area (Å²) >= 11 is 0. The van der Waals surface area contributed by atoms with Crippen molar-refractivity contribution in [1.29, 1.82) is 0 Å². The van der Waals surface area contributed by atoms with Gasteiger partial charge in [0.2, 0.25) is 0 Å². The number of carbonyl (C=O) groups excluding carboxylic acids is 2. The third-order valence-corrected chi connectivity index (χ3v) is 2.28. The van der Waals surface area contributed by atoms with Crippen molar-refractivity contribution in [1.82, 2.24) is 5.32 Å². The number of carbonyl (C=O) groups is 2. The molecule has 0 saturated carbocycles. The van der Waals surface area contributed by atoms with Gasteiger partial charge in [0.25, 0.3) is 5.91 Å². The van der Waals surface area contributed by atoms with Crippen LogP contribution in [0.4, 0.5) is 5.69 Å². The number of hydrogen-bond donors (Lipinski definition) is 2. The van der Waals surface area contributed by atoms with Crippen LogP contribution in [0.2, 0.25) is 0 Å². The van der Waals surface area contributed by atoms with Gasteiger partial charge in [0.15, 0.2) is 0 Å². The molecule has 1 rings (SSSR count). The van der Waals surface area contributed by atoms with Gasteiger partial charge >= 0.3 is 5.97 Å². The SMILES string of the molecule is COC(=O)C[C@H](C)NC(=O)c1ccccc1N. The maximum atomic E-state index is 11.8. The van der Waals surface area contributed by atoms with Gasteiger partial charge in [-0.15, -0.1) is 0 Å². The van der Waals surface area contributed by atoms with Crippen molar-refractivity contribution in [3.63, 3.8) is 0 Å². The summed E-state index contributed by atoms with van der Waals surface area (Å²) < 4.78 is 4.52. The van der Waals surface area contributed by atoms with Crippen LogP contribution >= 0.6 is 0 Å².